The Morgan fingerprint density at radius 2 is 1.96 bits per heavy atom. The number of ether oxygens (including phenoxy) is 1. The Morgan fingerprint density at radius 3 is 2.79 bits per heavy atom. The molecule has 1 heterocycles. The lowest BCUT2D eigenvalue weighted by Crippen LogP contribution is -2.06. The highest BCUT2D eigenvalue weighted by Gasteiger charge is 2.03. The van der Waals surface area contributed by atoms with E-state index in [1.54, 1.807) is 13.3 Å². The number of benzene rings is 2. The van der Waals surface area contributed by atoms with Gasteiger partial charge in [0.2, 0.25) is 5.95 Å². The molecule has 0 radical (unpaired) electrons. The fourth-order valence-corrected chi connectivity index (χ4v) is 2.27. The molecule has 2 N–H and O–H groups in total. The van der Waals surface area contributed by atoms with Crippen molar-refractivity contribution in [3.8, 4) is 5.75 Å². The van der Waals surface area contributed by atoms with Crippen molar-refractivity contribution in [2.24, 2.45) is 0 Å². The molecular weight excluding hydrogens is 302 g/mol. The molecule has 1 aromatic heterocycles. The van der Waals surface area contributed by atoms with Crippen LogP contribution in [0, 0.1) is 6.92 Å². The lowest BCUT2D eigenvalue weighted by atomic mass is 10.1. The van der Waals surface area contributed by atoms with Crippen LogP contribution in [-0.4, -0.2) is 22.3 Å². The summed E-state index contributed by atoms with van der Waals surface area (Å²) >= 11 is 0. The van der Waals surface area contributed by atoms with Crippen LogP contribution in [0.3, 0.4) is 0 Å². The van der Waals surface area contributed by atoms with Crippen molar-refractivity contribution >= 4 is 17.5 Å². The highest BCUT2D eigenvalue weighted by atomic mass is 16.5. The van der Waals surface area contributed by atoms with E-state index in [1.165, 1.54) is 11.1 Å². The van der Waals surface area contributed by atoms with Gasteiger partial charge in [-0.05, 0) is 30.2 Å². The summed E-state index contributed by atoms with van der Waals surface area (Å²) in [6.45, 7) is 2.77. The van der Waals surface area contributed by atoms with E-state index < -0.39 is 0 Å². The molecule has 3 aromatic rings. The summed E-state index contributed by atoms with van der Waals surface area (Å²) in [5.74, 6) is 1.86. The summed E-state index contributed by atoms with van der Waals surface area (Å²) in [7, 11) is 1.63. The van der Waals surface area contributed by atoms with Crippen LogP contribution in [0.1, 0.15) is 11.1 Å². The van der Waals surface area contributed by atoms with E-state index in [-0.39, 0.29) is 0 Å². The zero-order valence-electron chi connectivity index (χ0n) is 13.7. The first kappa shape index (κ1) is 15.7. The Morgan fingerprint density at radius 1 is 1.08 bits per heavy atom. The number of methoxy groups -OCH3 is 1. The summed E-state index contributed by atoms with van der Waals surface area (Å²) in [4.78, 5) is 4.43. The van der Waals surface area contributed by atoms with E-state index in [1.807, 2.05) is 36.4 Å². The molecule has 6 nitrogen and oxygen atoms in total. The van der Waals surface area contributed by atoms with Crippen molar-refractivity contribution in [2.45, 2.75) is 13.5 Å². The van der Waals surface area contributed by atoms with E-state index in [4.69, 9.17) is 4.74 Å². The molecule has 2 aromatic carbocycles. The SMILES string of the molecule is COc1cccc(Nc2nncc(NCc3ccccc3C)n2)c1. The van der Waals surface area contributed by atoms with Gasteiger partial charge >= 0.3 is 0 Å². The molecule has 0 spiro atoms. The van der Waals surface area contributed by atoms with Gasteiger partial charge in [0.1, 0.15) is 5.75 Å². The van der Waals surface area contributed by atoms with Crippen LogP contribution in [0.5, 0.6) is 5.75 Å². The quantitative estimate of drug-likeness (QED) is 0.723. The Kier molecular flexibility index (Phi) is 4.86. The molecule has 0 unspecified atom stereocenters. The predicted octanol–water partition coefficient (Wildman–Crippen LogP) is 3.54. The molecule has 122 valence electrons. The van der Waals surface area contributed by atoms with Crippen molar-refractivity contribution in [2.75, 3.05) is 17.7 Å². The van der Waals surface area contributed by atoms with Gasteiger partial charge in [-0.15, -0.1) is 5.10 Å². The van der Waals surface area contributed by atoms with E-state index in [0.29, 0.717) is 18.3 Å². The van der Waals surface area contributed by atoms with Gasteiger partial charge in [-0.25, -0.2) is 0 Å². The van der Waals surface area contributed by atoms with Gasteiger partial charge in [0.25, 0.3) is 0 Å². The number of nitrogens with one attached hydrogen (secondary N) is 2. The second-order valence-electron chi connectivity index (χ2n) is 5.30. The number of rotatable bonds is 6. The minimum absolute atomic E-state index is 0.429. The maximum absolute atomic E-state index is 5.21. The zero-order valence-corrected chi connectivity index (χ0v) is 13.7. The lowest BCUT2D eigenvalue weighted by Gasteiger charge is -2.09. The average Bonchev–Trinajstić information content (AvgIpc) is 2.61. The molecule has 0 aliphatic heterocycles. The molecule has 0 fully saturated rings. The standard InChI is InChI=1S/C18H19N5O/c1-13-6-3-4-7-14(13)11-19-17-12-20-23-18(22-17)21-15-8-5-9-16(10-15)24-2/h3-10,12H,11H2,1-2H3,(H2,19,21,22,23). The summed E-state index contributed by atoms with van der Waals surface area (Å²) < 4.78 is 5.21. The summed E-state index contributed by atoms with van der Waals surface area (Å²) in [5.41, 5.74) is 3.30. The van der Waals surface area contributed by atoms with Gasteiger partial charge in [0.15, 0.2) is 5.82 Å². The smallest absolute Gasteiger partial charge is 0.249 e. The van der Waals surface area contributed by atoms with Gasteiger partial charge in [0, 0.05) is 18.3 Å². The zero-order chi connectivity index (χ0) is 16.8. The van der Waals surface area contributed by atoms with Crippen LogP contribution in [0.25, 0.3) is 0 Å². The second kappa shape index (κ2) is 7.41. The number of anilines is 3. The Labute approximate surface area is 140 Å². The maximum atomic E-state index is 5.21. The minimum Gasteiger partial charge on any atom is -0.497 e. The third kappa shape index (κ3) is 3.98. The van der Waals surface area contributed by atoms with Gasteiger partial charge in [-0.3, -0.25) is 0 Å². The fraction of sp³-hybridized carbons (Fsp3) is 0.167. The summed E-state index contributed by atoms with van der Waals surface area (Å²) in [6, 6.07) is 15.8. The maximum Gasteiger partial charge on any atom is 0.249 e. The fourth-order valence-electron chi connectivity index (χ4n) is 2.27. The monoisotopic (exact) mass is 321 g/mol. The number of hydrogen-bond acceptors (Lipinski definition) is 6. The Bertz CT molecular complexity index is 822. The number of aromatic nitrogens is 3. The van der Waals surface area contributed by atoms with E-state index in [0.717, 1.165) is 11.4 Å². The molecule has 0 saturated heterocycles. The second-order valence-corrected chi connectivity index (χ2v) is 5.30. The lowest BCUT2D eigenvalue weighted by molar-refractivity contribution is 0.415. The normalized spacial score (nSPS) is 10.2. The summed E-state index contributed by atoms with van der Waals surface area (Å²) in [5, 5.41) is 14.4. The van der Waals surface area contributed by atoms with Crippen LogP contribution in [0.15, 0.2) is 54.7 Å². The molecule has 6 heteroatoms. The molecule has 0 atom stereocenters. The van der Waals surface area contributed by atoms with Crippen LogP contribution in [-0.2, 0) is 6.54 Å². The van der Waals surface area contributed by atoms with E-state index in [9.17, 15) is 0 Å². The number of hydrogen-bond donors (Lipinski definition) is 2. The molecule has 0 aliphatic carbocycles. The van der Waals surface area contributed by atoms with Crippen LogP contribution in [0.4, 0.5) is 17.5 Å². The highest BCUT2D eigenvalue weighted by Crippen LogP contribution is 2.19. The van der Waals surface area contributed by atoms with Crippen LogP contribution >= 0.6 is 0 Å². The van der Waals surface area contributed by atoms with Gasteiger partial charge in [-0.2, -0.15) is 10.1 Å². The van der Waals surface area contributed by atoms with Gasteiger partial charge < -0.3 is 15.4 Å². The van der Waals surface area contributed by atoms with Crippen molar-refractivity contribution in [1.29, 1.82) is 0 Å². The molecule has 24 heavy (non-hydrogen) atoms. The number of nitrogens with zero attached hydrogens (tertiary/aromatic N) is 3. The van der Waals surface area contributed by atoms with Crippen molar-refractivity contribution in [1.82, 2.24) is 15.2 Å². The molecule has 0 saturated carbocycles. The van der Waals surface area contributed by atoms with Crippen molar-refractivity contribution in [3.05, 3.63) is 65.9 Å². The minimum atomic E-state index is 0.429. The molecule has 0 aliphatic rings. The van der Waals surface area contributed by atoms with Gasteiger partial charge in [0.05, 0.1) is 13.3 Å². The van der Waals surface area contributed by atoms with Crippen molar-refractivity contribution < 1.29 is 4.74 Å². The molecule has 3 rings (SSSR count). The molecule has 0 bridgehead atoms. The first-order chi connectivity index (χ1) is 11.7. The first-order valence-corrected chi connectivity index (χ1v) is 7.64. The van der Waals surface area contributed by atoms with Crippen LogP contribution < -0.4 is 15.4 Å². The number of aryl methyl sites for hydroxylation is 1. The van der Waals surface area contributed by atoms with E-state index in [2.05, 4.69) is 44.9 Å². The Hall–Kier alpha value is -3.15. The van der Waals surface area contributed by atoms with Gasteiger partial charge in [-0.1, -0.05) is 30.3 Å². The van der Waals surface area contributed by atoms with Crippen molar-refractivity contribution in [3.63, 3.8) is 0 Å². The predicted molar refractivity (Wildman–Crippen MR) is 94.6 cm³/mol. The molecular formula is C18H19N5O. The van der Waals surface area contributed by atoms with E-state index >= 15 is 0 Å². The third-order valence-corrected chi connectivity index (χ3v) is 3.61. The topological polar surface area (TPSA) is 72.0 Å². The largest absolute Gasteiger partial charge is 0.497 e. The van der Waals surface area contributed by atoms with Crippen LogP contribution in [0.2, 0.25) is 0 Å². The highest BCUT2D eigenvalue weighted by molar-refractivity contribution is 5.56. The molecule has 0 amide bonds. The first-order valence-electron chi connectivity index (χ1n) is 7.64. The summed E-state index contributed by atoms with van der Waals surface area (Å²) in [6.07, 6.45) is 1.61. The average molecular weight is 321 g/mol. The third-order valence-electron chi connectivity index (χ3n) is 3.61. The Balaban J connectivity index is 1.68.